The van der Waals surface area contributed by atoms with E-state index in [9.17, 15) is 9.18 Å². The Morgan fingerprint density at radius 2 is 1.93 bits per heavy atom. The molecule has 4 aliphatic heterocycles. The van der Waals surface area contributed by atoms with Crippen molar-refractivity contribution in [1.82, 2.24) is 10.2 Å². The lowest BCUT2D eigenvalue weighted by molar-refractivity contribution is -0.0339. The van der Waals surface area contributed by atoms with Crippen molar-refractivity contribution < 1.29 is 13.9 Å². The highest BCUT2D eigenvalue weighted by molar-refractivity contribution is 7.99. The number of benzene rings is 2. The molecule has 29 heavy (non-hydrogen) atoms. The number of hydrogen-bond donors (Lipinski definition) is 1. The second kappa shape index (κ2) is 8.00. The summed E-state index contributed by atoms with van der Waals surface area (Å²) in [6, 6.07) is 12.8. The molecule has 3 saturated heterocycles. The average molecular weight is 413 g/mol. The summed E-state index contributed by atoms with van der Waals surface area (Å²) in [7, 11) is 0. The van der Waals surface area contributed by atoms with Crippen LogP contribution in [0.3, 0.4) is 0 Å². The first kappa shape index (κ1) is 18.9. The van der Waals surface area contributed by atoms with E-state index >= 15 is 0 Å². The van der Waals surface area contributed by atoms with Crippen LogP contribution in [0.5, 0.6) is 0 Å². The molecular formula is C23H25FN2O2S. The smallest absolute Gasteiger partial charge is 0.407 e. The van der Waals surface area contributed by atoms with Crippen LogP contribution in [0.2, 0.25) is 0 Å². The molecule has 152 valence electrons. The Morgan fingerprint density at radius 3 is 2.69 bits per heavy atom. The quantitative estimate of drug-likeness (QED) is 0.783. The third-order valence-electron chi connectivity index (χ3n) is 6.36. The van der Waals surface area contributed by atoms with Gasteiger partial charge in [0.1, 0.15) is 11.9 Å². The van der Waals surface area contributed by atoms with E-state index in [1.54, 1.807) is 23.9 Å². The zero-order valence-electron chi connectivity index (χ0n) is 16.3. The number of amides is 1. The van der Waals surface area contributed by atoms with Crippen LogP contribution in [0, 0.1) is 11.7 Å². The third-order valence-corrected chi connectivity index (χ3v) is 7.46. The molecule has 0 spiro atoms. The summed E-state index contributed by atoms with van der Waals surface area (Å²) in [5.74, 6) is 1.21. The largest absolute Gasteiger partial charge is 0.445 e. The van der Waals surface area contributed by atoms with Crippen molar-refractivity contribution in [3.63, 3.8) is 0 Å². The molecule has 0 aromatic heterocycles. The van der Waals surface area contributed by atoms with Gasteiger partial charge in [0.05, 0.1) is 6.04 Å². The molecule has 1 N–H and O–H groups in total. The fourth-order valence-electron chi connectivity index (χ4n) is 4.75. The third kappa shape index (κ3) is 4.01. The number of fused-ring (bicyclic) bond motifs is 4. The highest BCUT2D eigenvalue weighted by Crippen LogP contribution is 2.39. The van der Waals surface area contributed by atoms with Crippen LogP contribution in [0.15, 0.2) is 47.4 Å². The van der Waals surface area contributed by atoms with Crippen molar-refractivity contribution in [2.24, 2.45) is 5.92 Å². The Labute approximate surface area is 174 Å². The van der Waals surface area contributed by atoms with Crippen LogP contribution in [0.1, 0.15) is 30.9 Å². The standard InChI is InChI=1S/C23H25FN2O2S/c24-18-3-1-2-16(12-18)17-4-5-19-20(8-11-29-22(19)13-17)25-23(27)28-21-14-26-9-6-15(21)7-10-26/h1-5,12-13,15,20-21H,6-11,14H2,(H,25,27)/t20?,21-/m1/s1. The zero-order chi connectivity index (χ0) is 19.8. The molecule has 6 rings (SSSR count). The predicted molar refractivity (Wildman–Crippen MR) is 112 cm³/mol. The van der Waals surface area contributed by atoms with E-state index in [0.717, 1.165) is 66.2 Å². The Balaban J connectivity index is 1.28. The summed E-state index contributed by atoms with van der Waals surface area (Å²) in [6.45, 7) is 3.13. The Hall–Kier alpha value is -2.05. The number of carbonyl (C=O) groups is 1. The lowest BCUT2D eigenvalue weighted by Gasteiger charge is -2.44. The first-order valence-corrected chi connectivity index (χ1v) is 11.4. The SMILES string of the molecule is O=C(NC1CCSc2cc(-c3cccc(F)c3)ccc21)O[C@@H]1CN2CCC1CC2. The van der Waals surface area contributed by atoms with Gasteiger partial charge in [-0.1, -0.05) is 24.3 Å². The number of nitrogens with one attached hydrogen (secondary N) is 1. The summed E-state index contributed by atoms with van der Waals surface area (Å²) in [4.78, 5) is 16.1. The number of ether oxygens (including phenoxy) is 1. The van der Waals surface area contributed by atoms with E-state index in [1.807, 2.05) is 12.1 Å². The zero-order valence-corrected chi connectivity index (χ0v) is 17.1. The maximum absolute atomic E-state index is 13.6. The lowest BCUT2D eigenvalue weighted by atomic mass is 9.86. The number of nitrogens with zero attached hydrogens (tertiary/aromatic N) is 1. The Kier molecular flexibility index (Phi) is 5.22. The van der Waals surface area contributed by atoms with Gasteiger partial charge in [0.2, 0.25) is 0 Å². The molecule has 3 fully saturated rings. The van der Waals surface area contributed by atoms with Gasteiger partial charge in [-0.05, 0) is 73.2 Å². The van der Waals surface area contributed by atoms with Crippen LogP contribution in [0.25, 0.3) is 11.1 Å². The molecule has 2 aromatic rings. The predicted octanol–water partition coefficient (Wildman–Crippen LogP) is 4.85. The van der Waals surface area contributed by atoms with E-state index in [1.165, 1.54) is 6.07 Å². The van der Waals surface area contributed by atoms with Crippen molar-refractivity contribution in [2.45, 2.75) is 36.3 Å². The van der Waals surface area contributed by atoms with Gasteiger partial charge in [-0.25, -0.2) is 9.18 Å². The molecule has 2 aromatic carbocycles. The summed E-state index contributed by atoms with van der Waals surface area (Å²) < 4.78 is 19.4. The molecule has 0 radical (unpaired) electrons. The highest BCUT2D eigenvalue weighted by Gasteiger charge is 2.37. The maximum atomic E-state index is 13.6. The average Bonchev–Trinajstić information content (AvgIpc) is 2.74. The van der Waals surface area contributed by atoms with E-state index < -0.39 is 0 Å². The minimum atomic E-state index is -0.305. The molecular weight excluding hydrogens is 387 g/mol. The minimum Gasteiger partial charge on any atom is -0.445 e. The van der Waals surface area contributed by atoms with E-state index in [-0.39, 0.29) is 24.1 Å². The van der Waals surface area contributed by atoms with E-state index in [4.69, 9.17) is 4.74 Å². The molecule has 2 atom stereocenters. The molecule has 4 heterocycles. The molecule has 6 heteroatoms. The Morgan fingerprint density at radius 1 is 1.10 bits per heavy atom. The maximum Gasteiger partial charge on any atom is 0.407 e. The molecule has 4 aliphatic rings. The molecule has 0 aliphatic carbocycles. The van der Waals surface area contributed by atoms with Crippen molar-refractivity contribution >= 4 is 17.9 Å². The normalized spacial score (nSPS) is 27.9. The number of halogens is 1. The van der Waals surface area contributed by atoms with Gasteiger partial charge in [-0.2, -0.15) is 0 Å². The van der Waals surface area contributed by atoms with Gasteiger partial charge >= 0.3 is 6.09 Å². The Bertz CT molecular complexity index is 914. The first-order valence-electron chi connectivity index (χ1n) is 10.4. The highest BCUT2D eigenvalue weighted by atomic mass is 32.2. The molecule has 0 saturated carbocycles. The minimum absolute atomic E-state index is 0.0188. The monoisotopic (exact) mass is 412 g/mol. The van der Waals surface area contributed by atoms with Crippen molar-refractivity contribution in [1.29, 1.82) is 0 Å². The summed E-state index contributed by atoms with van der Waals surface area (Å²) in [5.41, 5.74) is 2.98. The molecule has 4 nitrogen and oxygen atoms in total. The number of thioether (sulfide) groups is 1. The molecule has 2 bridgehead atoms. The summed E-state index contributed by atoms with van der Waals surface area (Å²) in [5, 5.41) is 3.10. The molecule has 1 amide bonds. The van der Waals surface area contributed by atoms with Crippen LogP contribution >= 0.6 is 11.8 Å². The second-order valence-corrected chi connectivity index (χ2v) is 9.32. The lowest BCUT2D eigenvalue weighted by Crippen LogP contribution is -2.52. The summed E-state index contributed by atoms with van der Waals surface area (Å²) >= 11 is 1.79. The van der Waals surface area contributed by atoms with Gasteiger partial charge in [-0.3, -0.25) is 4.90 Å². The van der Waals surface area contributed by atoms with Crippen molar-refractivity contribution in [2.75, 3.05) is 25.4 Å². The first-order chi connectivity index (χ1) is 14.2. The van der Waals surface area contributed by atoms with Gasteiger partial charge < -0.3 is 10.1 Å². The number of hydrogen-bond acceptors (Lipinski definition) is 4. The number of alkyl carbamates (subject to hydrolysis) is 1. The number of piperidine rings is 3. The van der Waals surface area contributed by atoms with Crippen LogP contribution < -0.4 is 5.32 Å². The second-order valence-electron chi connectivity index (χ2n) is 8.18. The van der Waals surface area contributed by atoms with Gasteiger partial charge in [0.25, 0.3) is 0 Å². The van der Waals surface area contributed by atoms with E-state index in [2.05, 4.69) is 22.3 Å². The molecule has 1 unspecified atom stereocenters. The van der Waals surface area contributed by atoms with Gasteiger partial charge in [0, 0.05) is 17.2 Å². The van der Waals surface area contributed by atoms with Gasteiger partial charge in [0.15, 0.2) is 0 Å². The van der Waals surface area contributed by atoms with Crippen molar-refractivity contribution in [3.05, 3.63) is 53.8 Å². The fraction of sp³-hybridized carbons (Fsp3) is 0.435. The van der Waals surface area contributed by atoms with Crippen LogP contribution in [-0.4, -0.2) is 42.5 Å². The summed E-state index contributed by atoms with van der Waals surface area (Å²) in [6.07, 6.45) is 2.85. The topological polar surface area (TPSA) is 41.6 Å². The number of rotatable bonds is 3. The fourth-order valence-corrected chi connectivity index (χ4v) is 5.91. The van der Waals surface area contributed by atoms with Gasteiger partial charge in [-0.15, -0.1) is 11.8 Å². The van der Waals surface area contributed by atoms with Crippen molar-refractivity contribution in [3.8, 4) is 11.1 Å². The van der Waals surface area contributed by atoms with Crippen LogP contribution in [0.4, 0.5) is 9.18 Å². The van der Waals surface area contributed by atoms with E-state index in [0.29, 0.717) is 5.92 Å². The van der Waals surface area contributed by atoms with Crippen LogP contribution in [-0.2, 0) is 4.74 Å². The number of carbonyl (C=O) groups excluding carboxylic acids is 1.